The van der Waals surface area contributed by atoms with Gasteiger partial charge >= 0.3 is 0 Å². The van der Waals surface area contributed by atoms with Crippen molar-refractivity contribution in [3.8, 4) is 57.5 Å². The number of hydrogen-bond acceptors (Lipinski definition) is 19. The van der Waals surface area contributed by atoms with Gasteiger partial charge in [-0.15, -0.1) is 56.7 Å². The van der Waals surface area contributed by atoms with Gasteiger partial charge in [-0.05, 0) is 57.7 Å². The van der Waals surface area contributed by atoms with Crippen LogP contribution in [0.1, 0.15) is 91.8 Å². The van der Waals surface area contributed by atoms with Gasteiger partial charge in [0.2, 0.25) is 0 Å². The zero-order chi connectivity index (χ0) is 50.4. The quantitative estimate of drug-likeness (QED) is 0.131. The second-order valence-corrected chi connectivity index (χ2v) is 28.3. The number of hydrogen-bond donors (Lipinski definition) is 1. The lowest BCUT2D eigenvalue weighted by atomic mass is 9.74. The number of aromatic nitrogens is 4. The summed E-state index contributed by atoms with van der Waals surface area (Å²) in [5.74, 6) is -0.395. The number of thiophene rings is 5. The van der Waals surface area contributed by atoms with Crippen LogP contribution in [0, 0.1) is 34.0 Å². The van der Waals surface area contributed by atoms with E-state index in [-0.39, 0.29) is 33.7 Å². The molecule has 0 fully saturated rings. The van der Waals surface area contributed by atoms with E-state index in [2.05, 4.69) is 39.8 Å². The molecule has 19 heteroatoms. The summed E-state index contributed by atoms with van der Waals surface area (Å²) in [7, 11) is 0. The maximum absolute atomic E-state index is 13.5. The fourth-order valence-electron chi connectivity index (χ4n) is 11.2. The summed E-state index contributed by atoms with van der Waals surface area (Å²) in [5.41, 5.74) is 15.1. The number of Topliss-reactive ketones (excluding diaryl/α,β-unsaturated/α-hetero) is 2. The summed E-state index contributed by atoms with van der Waals surface area (Å²) in [4.78, 5) is 57.9. The van der Waals surface area contributed by atoms with E-state index in [0.29, 0.717) is 54.6 Å². The van der Waals surface area contributed by atoms with Gasteiger partial charge in [-0.25, -0.2) is 19.9 Å². The minimum Gasteiger partial charge on any atom is -0.390 e. The number of carbonyl (C=O) groups excluding carboxylic acids is 2. The van der Waals surface area contributed by atoms with E-state index in [9.17, 15) is 25.4 Å². The van der Waals surface area contributed by atoms with Crippen LogP contribution >= 0.6 is 102 Å². The molecule has 0 saturated heterocycles. The summed E-state index contributed by atoms with van der Waals surface area (Å²) in [6, 6.07) is 24.9. The topological polar surface area (TPSA) is 183 Å². The standard InChI is InChI=1S/C55H26N8O2S9/c1-54(2)36-37-45(47-39(55(37,3)4)43-29(67-47)16-31(69-43)49-63-53-51(74-49)61-33(71-53)14-26-35(27(59)19-58)22-10-6-8-12-24(22)41(26)65)72-44(36)46-38(54)42-28(66-46)15-30(68-42)48-62-52-50(73-48)60-32(70-52)13-25-34(20(17-56)18-57)21-9-5-7-11-23(21)40(25)64/h5-16H,59H2,1-4H3/b25-13-,26-14-,35-27+. The largest absolute Gasteiger partial charge is 0.390 e. The van der Waals surface area contributed by atoms with Crippen LogP contribution in [-0.2, 0) is 10.8 Å². The normalized spacial score (nSPS) is 17.4. The van der Waals surface area contributed by atoms with E-state index >= 15 is 0 Å². The molecule has 2 aromatic carbocycles. The highest BCUT2D eigenvalue weighted by molar-refractivity contribution is 7.37. The summed E-state index contributed by atoms with van der Waals surface area (Å²) in [6.45, 7) is 9.59. The van der Waals surface area contributed by atoms with E-state index < -0.39 is 0 Å². The van der Waals surface area contributed by atoms with Crippen molar-refractivity contribution in [3.05, 3.63) is 138 Å². The molecule has 0 spiro atoms. The van der Waals surface area contributed by atoms with Crippen molar-refractivity contribution in [1.29, 1.82) is 15.8 Å². The van der Waals surface area contributed by atoms with Crippen molar-refractivity contribution in [1.82, 2.24) is 19.9 Å². The number of nitrogens with two attached hydrogens (primary N) is 1. The minimum absolute atomic E-state index is 0.00547. The molecule has 0 aliphatic heterocycles. The zero-order valence-corrected chi connectivity index (χ0v) is 46.0. The number of carbonyl (C=O) groups is 2. The van der Waals surface area contributed by atoms with Crippen molar-refractivity contribution in [3.63, 3.8) is 0 Å². The number of thiazole rings is 4. The van der Waals surface area contributed by atoms with Gasteiger partial charge in [0.1, 0.15) is 49.5 Å². The Labute approximate surface area is 455 Å². The smallest absolute Gasteiger partial charge is 0.194 e. The summed E-state index contributed by atoms with van der Waals surface area (Å²) >= 11 is 15.3. The Morgan fingerprint density at radius 1 is 0.514 bits per heavy atom. The van der Waals surface area contributed by atoms with Gasteiger partial charge in [0.25, 0.3) is 0 Å². The molecule has 9 heterocycles. The summed E-state index contributed by atoms with van der Waals surface area (Å²) < 4.78 is 5.16. The van der Waals surface area contributed by atoms with Crippen molar-refractivity contribution < 1.29 is 9.59 Å². The Balaban J connectivity index is 0.724. The Morgan fingerprint density at radius 3 is 1.38 bits per heavy atom. The van der Waals surface area contributed by atoms with Gasteiger partial charge in [0, 0.05) is 63.4 Å². The maximum atomic E-state index is 13.5. The van der Waals surface area contributed by atoms with Gasteiger partial charge in [-0.1, -0.05) is 122 Å². The predicted octanol–water partition coefficient (Wildman–Crippen LogP) is 15.9. The molecule has 15 rings (SSSR count). The molecule has 11 aromatic rings. The number of nitrogens with zero attached hydrogens (tertiary/aromatic N) is 7. The zero-order valence-electron chi connectivity index (χ0n) is 38.6. The van der Waals surface area contributed by atoms with Gasteiger partial charge in [-0.2, -0.15) is 15.8 Å². The Morgan fingerprint density at radius 2 is 0.932 bits per heavy atom. The van der Waals surface area contributed by atoms with Crippen LogP contribution in [0.3, 0.4) is 0 Å². The predicted molar refractivity (Wildman–Crippen MR) is 307 cm³/mol. The molecular weight excluding hydrogens is 1090 g/mol. The molecule has 2 N–H and O–H groups in total. The molecule has 4 aliphatic carbocycles. The number of allylic oxidation sites excluding steroid dienone is 6. The maximum Gasteiger partial charge on any atom is 0.194 e. The van der Waals surface area contributed by atoms with Crippen LogP contribution in [0.2, 0.25) is 0 Å². The van der Waals surface area contributed by atoms with Crippen LogP contribution < -0.4 is 5.73 Å². The van der Waals surface area contributed by atoms with Gasteiger partial charge in [-0.3, -0.25) is 9.59 Å². The van der Waals surface area contributed by atoms with Crippen LogP contribution in [0.5, 0.6) is 0 Å². The molecular formula is C55H26N8O2S9. The third kappa shape index (κ3) is 5.88. The van der Waals surface area contributed by atoms with Crippen molar-refractivity contribution in [2.24, 2.45) is 5.73 Å². The first-order valence-corrected chi connectivity index (χ1v) is 30.1. The lowest BCUT2D eigenvalue weighted by Crippen LogP contribution is -2.23. The molecule has 10 nitrogen and oxygen atoms in total. The Kier molecular flexibility index (Phi) is 9.23. The van der Waals surface area contributed by atoms with E-state index in [1.165, 1.54) is 94.6 Å². The van der Waals surface area contributed by atoms with Gasteiger partial charge in [0.15, 0.2) is 30.9 Å². The minimum atomic E-state index is -0.226. The van der Waals surface area contributed by atoms with Crippen LogP contribution in [-0.4, -0.2) is 31.5 Å². The first-order chi connectivity index (χ1) is 35.7. The van der Waals surface area contributed by atoms with Crippen LogP contribution in [0.4, 0.5) is 0 Å². The molecule has 9 aromatic heterocycles. The third-order valence-corrected chi connectivity index (χ3v) is 24.9. The van der Waals surface area contributed by atoms with Crippen LogP contribution in [0.15, 0.2) is 83.1 Å². The first-order valence-electron chi connectivity index (χ1n) is 22.8. The first kappa shape index (κ1) is 44.5. The molecule has 0 radical (unpaired) electrons. The Bertz CT molecular complexity index is 4700. The average Bonchev–Trinajstić information content (AvgIpc) is 4.24. The second-order valence-electron chi connectivity index (χ2n) is 19.1. The van der Waals surface area contributed by atoms with Crippen molar-refractivity contribution >= 4 is 175 Å². The third-order valence-electron chi connectivity index (χ3n) is 14.3. The molecule has 0 amide bonds. The molecule has 0 atom stereocenters. The molecule has 0 saturated carbocycles. The van der Waals surface area contributed by atoms with E-state index in [4.69, 9.17) is 25.7 Å². The number of nitriles is 3. The number of ketones is 2. The SMILES string of the molecule is CC1(C)c2c(sc3c2C(C)(C)c2c-3sc3cc(-c4nc5sc(/C=C6\C(=O)c7ccccc7\C6=C(/N)C#N)nc5s4)sc23)-c2sc3cc(-c4nc5sc(/C=C6\C(=O)c7ccccc7C6=C(C#N)C#N)nc5s4)sc3c21. The molecule has 352 valence electrons. The van der Waals surface area contributed by atoms with Crippen molar-refractivity contribution in [2.45, 2.75) is 38.5 Å². The lowest BCUT2D eigenvalue weighted by molar-refractivity contribution is 0.103. The highest BCUT2D eigenvalue weighted by atomic mass is 32.1. The van der Waals surface area contributed by atoms with Gasteiger partial charge in [0.05, 0.1) is 28.9 Å². The fourth-order valence-corrected chi connectivity index (χ4v) is 23.1. The number of benzene rings is 2. The number of fused-ring (bicyclic) bond motifs is 15. The lowest BCUT2D eigenvalue weighted by Gasteiger charge is -2.28. The Hall–Kier alpha value is -6.93. The highest BCUT2D eigenvalue weighted by Gasteiger charge is 2.51. The molecule has 74 heavy (non-hydrogen) atoms. The average molecular weight is 1120 g/mol. The van der Waals surface area contributed by atoms with Crippen molar-refractivity contribution in [2.75, 3.05) is 0 Å². The molecule has 0 bridgehead atoms. The van der Waals surface area contributed by atoms with E-state index in [1.807, 2.05) is 81.8 Å². The van der Waals surface area contributed by atoms with E-state index in [1.54, 1.807) is 65.2 Å². The summed E-state index contributed by atoms with van der Waals surface area (Å²) in [6.07, 6.45) is 3.43. The monoisotopic (exact) mass is 1120 g/mol. The molecule has 4 aliphatic rings. The summed E-state index contributed by atoms with van der Waals surface area (Å²) in [5, 5.41) is 32.3. The second kappa shape index (κ2) is 15.3. The highest BCUT2D eigenvalue weighted by Crippen LogP contribution is 2.69. The molecule has 0 unspecified atom stereocenters. The van der Waals surface area contributed by atoms with E-state index in [0.717, 1.165) is 39.1 Å². The van der Waals surface area contributed by atoms with Crippen LogP contribution in [0.25, 0.3) is 101 Å². The number of rotatable bonds is 4. The van der Waals surface area contributed by atoms with Gasteiger partial charge < -0.3 is 5.73 Å². The fraction of sp³-hybridized carbons (Fsp3) is 0.109.